The lowest BCUT2D eigenvalue weighted by Gasteiger charge is -2.18. The van der Waals surface area contributed by atoms with Crippen molar-refractivity contribution in [3.05, 3.63) is 30.6 Å². The van der Waals surface area contributed by atoms with E-state index in [-0.39, 0.29) is 5.54 Å². The lowest BCUT2D eigenvalue weighted by atomic mass is 10.1. The van der Waals surface area contributed by atoms with Crippen molar-refractivity contribution in [2.24, 2.45) is 0 Å². The van der Waals surface area contributed by atoms with Gasteiger partial charge in [-0.25, -0.2) is 0 Å². The van der Waals surface area contributed by atoms with E-state index in [9.17, 15) is 5.11 Å². The maximum atomic E-state index is 9.44. The summed E-state index contributed by atoms with van der Waals surface area (Å²) in [7, 11) is 0. The molecular formula is C10H16N2O. The van der Waals surface area contributed by atoms with Crippen molar-refractivity contribution in [2.45, 2.75) is 32.4 Å². The minimum Gasteiger partial charge on any atom is -0.384 e. The van der Waals surface area contributed by atoms with Crippen LogP contribution in [0.1, 0.15) is 32.4 Å². The highest BCUT2D eigenvalue weighted by Gasteiger charge is 2.15. The van der Waals surface area contributed by atoms with E-state index in [0.717, 1.165) is 5.56 Å². The van der Waals surface area contributed by atoms with Gasteiger partial charge in [-0.2, -0.15) is 5.10 Å². The molecule has 0 bridgehead atoms. The molecule has 3 heteroatoms. The molecule has 1 rings (SSSR count). The number of hydrogen-bond acceptors (Lipinski definition) is 2. The number of aliphatic hydroxyl groups is 1. The molecule has 1 atom stereocenters. The van der Waals surface area contributed by atoms with Gasteiger partial charge < -0.3 is 5.11 Å². The summed E-state index contributed by atoms with van der Waals surface area (Å²) in [4.78, 5) is 0. The van der Waals surface area contributed by atoms with Crippen LogP contribution in [0.4, 0.5) is 0 Å². The fourth-order valence-corrected chi connectivity index (χ4v) is 0.992. The van der Waals surface area contributed by atoms with E-state index in [1.165, 1.54) is 6.08 Å². The average molecular weight is 180 g/mol. The first-order valence-electron chi connectivity index (χ1n) is 4.31. The Hall–Kier alpha value is -1.09. The maximum absolute atomic E-state index is 9.44. The Labute approximate surface area is 78.7 Å². The monoisotopic (exact) mass is 180 g/mol. The zero-order valence-electron chi connectivity index (χ0n) is 8.36. The zero-order valence-corrected chi connectivity index (χ0v) is 8.36. The Bertz CT molecular complexity index is 296. The van der Waals surface area contributed by atoms with Crippen molar-refractivity contribution in [1.29, 1.82) is 0 Å². The van der Waals surface area contributed by atoms with Crippen LogP contribution in [-0.4, -0.2) is 14.9 Å². The summed E-state index contributed by atoms with van der Waals surface area (Å²) in [6.07, 6.45) is 4.38. The highest BCUT2D eigenvalue weighted by molar-refractivity contribution is 5.13. The molecule has 1 N–H and O–H groups in total. The van der Waals surface area contributed by atoms with E-state index in [0.29, 0.717) is 0 Å². The average Bonchev–Trinajstić information content (AvgIpc) is 2.50. The van der Waals surface area contributed by atoms with Gasteiger partial charge in [0.15, 0.2) is 0 Å². The molecule has 0 amide bonds. The van der Waals surface area contributed by atoms with E-state index < -0.39 is 6.10 Å². The van der Waals surface area contributed by atoms with Crippen LogP contribution in [0.15, 0.2) is 25.0 Å². The predicted molar refractivity (Wildman–Crippen MR) is 52.4 cm³/mol. The van der Waals surface area contributed by atoms with Gasteiger partial charge in [-0.3, -0.25) is 4.68 Å². The van der Waals surface area contributed by atoms with Crippen molar-refractivity contribution >= 4 is 0 Å². The first kappa shape index (κ1) is 9.99. The molecule has 1 unspecified atom stereocenters. The van der Waals surface area contributed by atoms with Crippen LogP contribution >= 0.6 is 0 Å². The summed E-state index contributed by atoms with van der Waals surface area (Å²) >= 11 is 0. The number of nitrogens with zero attached hydrogens (tertiary/aromatic N) is 2. The Balaban J connectivity index is 2.93. The van der Waals surface area contributed by atoms with Crippen LogP contribution in [0.25, 0.3) is 0 Å². The Morgan fingerprint density at radius 3 is 2.62 bits per heavy atom. The molecule has 0 aliphatic carbocycles. The summed E-state index contributed by atoms with van der Waals surface area (Å²) < 4.78 is 1.83. The van der Waals surface area contributed by atoms with Crippen molar-refractivity contribution in [3.63, 3.8) is 0 Å². The molecule has 3 nitrogen and oxygen atoms in total. The molecule has 72 valence electrons. The molecule has 0 fully saturated rings. The number of aromatic nitrogens is 2. The normalized spacial score (nSPS) is 14.2. The molecule has 1 aromatic heterocycles. The molecule has 0 spiro atoms. The largest absolute Gasteiger partial charge is 0.384 e. The summed E-state index contributed by atoms with van der Waals surface area (Å²) in [5.74, 6) is 0. The van der Waals surface area contributed by atoms with Crippen molar-refractivity contribution in [3.8, 4) is 0 Å². The second-order valence-electron chi connectivity index (χ2n) is 4.07. The third kappa shape index (κ3) is 2.18. The van der Waals surface area contributed by atoms with Crippen molar-refractivity contribution in [1.82, 2.24) is 9.78 Å². The summed E-state index contributed by atoms with van der Waals surface area (Å²) in [5.41, 5.74) is 0.740. The van der Waals surface area contributed by atoms with Gasteiger partial charge in [-0.1, -0.05) is 6.08 Å². The first-order chi connectivity index (χ1) is 5.95. The summed E-state index contributed by atoms with van der Waals surface area (Å²) in [6.45, 7) is 9.70. The highest BCUT2D eigenvalue weighted by Crippen LogP contribution is 2.17. The third-order valence-electron chi connectivity index (χ3n) is 1.85. The minimum absolute atomic E-state index is 0.0425. The standard InChI is InChI=1S/C10H16N2O/c1-5-9(13)8-6-11-12(7-8)10(2,3)4/h5-7,9,13H,1H2,2-4H3. The fourth-order valence-electron chi connectivity index (χ4n) is 0.992. The third-order valence-corrected chi connectivity index (χ3v) is 1.85. The Morgan fingerprint density at radius 1 is 1.62 bits per heavy atom. The molecule has 1 heterocycles. The topological polar surface area (TPSA) is 38.1 Å². The lowest BCUT2D eigenvalue weighted by molar-refractivity contribution is 0.228. The van der Waals surface area contributed by atoms with Crippen LogP contribution in [0.2, 0.25) is 0 Å². The molecule has 0 saturated carbocycles. The molecule has 0 aliphatic heterocycles. The van der Waals surface area contributed by atoms with Gasteiger partial charge in [0.05, 0.1) is 17.8 Å². The Morgan fingerprint density at radius 2 is 2.23 bits per heavy atom. The first-order valence-corrected chi connectivity index (χ1v) is 4.31. The van der Waals surface area contributed by atoms with Gasteiger partial charge in [0.2, 0.25) is 0 Å². The van der Waals surface area contributed by atoms with Gasteiger partial charge in [-0.05, 0) is 20.8 Å². The number of rotatable bonds is 2. The quantitative estimate of drug-likeness (QED) is 0.705. The second-order valence-corrected chi connectivity index (χ2v) is 4.07. The van der Waals surface area contributed by atoms with Crippen molar-refractivity contribution in [2.75, 3.05) is 0 Å². The molecular weight excluding hydrogens is 164 g/mol. The Kier molecular flexibility index (Phi) is 2.57. The van der Waals surface area contributed by atoms with Crippen LogP contribution in [0.3, 0.4) is 0 Å². The van der Waals surface area contributed by atoms with Crippen LogP contribution in [-0.2, 0) is 5.54 Å². The summed E-state index contributed by atoms with van der Waals surface area (Å²) in [6, 6.07) is 0. The smallest absolute Gasteiger partial charge is 0.0999 e. The molecule has 0 aliphatic rings. The lowest BCUT2D eigenvalue weighted by Crippen LogP contribution is -2.21. The minimum atomic E-state index is -0.615. The van der Waals surface area contributed by atoms with Gasteiger partial charge in [0.1, 0.15) is 0 Å². The molecule has 1 aromatic rings. The highest BCUT2D eigenvalue weighted by atomic mass is 16.3. The van der Waals surface area contributed by atoms with E-state index in [1.54, 1.807) is 6.20 Å². The predicted octanol–water partition coefficient (Wildman–Crippen LogP) is 1.86. The molecule has 0 radical (unpaired) electrons. The van der Waals surface area contributed by atoms with E-state index >= 15 is 0 Å². The van der Waals surface area contributed by atoms with Gasteiger partial charge in [0, 0.05) is 11.8 Å². The van der Waals surface area contributed by atoms with E-state index in [4.69, 9.17) is 0 Å². The molecule has 0 saturated heterocycles. The number of hydrogen-bond donors (Lipinski definition) is 1. The van der Waals surface area contributed by atoms with Crippen LogP contribution in [0.5, 0.6) is 0 Å². The van der Waals surface area contributed by atoms with Crippen LogP contribution < -0.4 is 0 Å². The fraction of sp³-hybridized carbons (Fsp3) is 0.500. The molecule has 13 heavy (non-hydrogen) atoms. The van der Waals surface area contributed by atoms with E-state index in [1.807, 2.05) is 10.9 Å². The second kappa shape index (κ2) is 3.34. The maximum Gasteiger partial charge on any atom is 0.0999 e. The van der Waals surface area contributed by atoms with E-state index in [2.05, 4.69) is 32.4 Å². The SMILES string of the molecule is C=CC(O)c1cnn(C(C)(C)C)c1. The van der Waals surface area contributed by atoms with Gasteiger partial charge in [0.25, 0.3) is 0 Å². The molecule has 0 aromatic carbocycles. The summed E-state index contributed by atoms with van der Waals surface area (Å²) in [5, 5.41) is 13.6. The van der Waals surface area contributed by atoms with Crippen molar-refractivity contribution < 1.29 is 5.11 Å². The number of aliphatic hydroxyl groups excluding tert-OH is 1. The van der Waals surface area contributed by atoms with Crippen LogP contribution in [0, 0.1) is 0 Å². The van der Waals surface area contributed by atoms with Gasteiger partial charge >= 0.3 is 0 Å². The zero-order chi connectivity index (χ0) is 10.1. The van der Waals surface area contributed by atoms with Gasteiger partial charge in [-0.15, -0.1) is 6.58 Å².